The summed E-state index contributed by atoms with van der Waals surface area (Å²) in [5.41, 5.74) is 6.78. The number of carbonyl (C=O) groups excluding carboxylic acids is 1. The molecule has 0 saturated carbocycles. The van der Waals surface area contributed by atoms with Crippen molar-refractivity contribution in [1.29, 1.82) is 0 Å². The lowest BCUT2D eigenvalue weighted by molar-refractivity contribution is -0.133. The van der Waals surface area contributed by atoms with Crippen LogP contribution in [0, 0.1) is 0 Å². The maximum Gasteiger partial charge on any atom is 0.231 e. The van der Waals surface area contributed by atoms with Crippen LogP contribution in [0.3, 0.4) is 0 Å². The van der Waals surface area contributed by atoms with Crippen LogP contribution in [0.5, 0.6) is 0 Å². The van der Waals surface area contributed by atoms with Crippen LogP contribution in [-0.2, 0) is 11.2 Å². The van der Waals surface area contributed by atoms with Crippen molar-refractivity contribution in [2.45, 2.75) is 25.2 Å². The summed E-state index contributed by atoms with van der Waals surface area (Å²) in [5, 5.41) is 0.583. The highest BCUT2D eigenvalue weighted by Crippen LogP contribution is 2.36. The van der Waals surface area contributed by atoms with Gasteiger partial charge in [-0.1, -0.05) is 6.07 Å². The second-order valence-electron chi connectivity index (χ2n) is 6.31. The number of nitrogens with two attached hydrogens (primary N) is 1. The van der Waals surface area contributed by atoms with Crippen LogP contribution in [0.25, 0.3) is 0 Å². The SMILES string of the molecule is Nc1nc2c(s1)CCCC2C(=O)N1CCN(c2ccccn2)CC1. The van der Waals surface area contributed by atoms with Crippen molar-refractivity contribution in [3.8, 4) is 0 Å². The first-order chi connectivity index (χ1) is 11.7. The highest BCUT2D eigenvalue weighted by atomic mass is 32.1. The molecular weight excluding hydrogens is 322 g/mol. The lowest BCUT2D eigenvalue weighted by atomic mass is 9.89. The van der Waals surface area contributed by atoms with Gasteiger partial charge in [-0.15, -0.1) is 11.3 Å². The molecule has 1 amide bonds. The van der Waals surface area contributed by atoms with Crippen LogP contribution in [0.4, 0.5) is 10.9 Å². The lowest BCUT2D eigenvalue weighted by Gasteiger charge is -2.37. The van der Waals surface area contributed by atoms with Crippen molar-refractivity contribution in [1.82, 2.24) is 14.9 Å². The molecule has 6 nitrogen and oxygen atoms in total. The summed E-state index contributed by atoms with van der Waals surface area (Å²) in [4.78, 5) is 27.2. The molecule has 0 aromatic carbocycles. The zero-order valence-corrected chi connectivity index (χ0v) is 14.3. The van der Waals surface area contributed by atoms with Gasteiger partial charge in [0.25, 0.3) is 0 Å². The van der Waals surface area contributed by atoms with Crippen LogP contribution in [-0.4, -0.2) is 47.0 Å². The number of anilines is 2. The number of carbonyl (C=O) groups is 1. The van der Waals surface area contributed by atoms with Crippen LogP contribution in [0.15, 0.2) is 24.4 Å². The number of aromatic nitrogens is 2. The van der Waals surface area contributed by atoms with E-state index in [0.29, 0.717) is 5.13 Å². The first-order valence-corrected chi connectivity index (χ1v) is 9.24. The summed E-state index contributed by atoms with van der Waals surface area (Å²) in [6.45, 7) is 3.12. The van der Waals surface area contributed by atoms with Gasteiger partial charge < -0.3 is 15.5 Å². The number of rotatable bonds is 2. The maximum atomic E-state index is 13.0. The molecule has 4 rings (SSSR count). The second-order valence-corrected chi connectivity index (χ2v) is 7.42. The number of amides is 1. The second kappa shape index (κ2) is 6.39. The molecule has 24 heavy (non-hydrogen) atoms. The Morgan fingerprint density at radius 2 is 2.08 bits per heavy atom. The Labute approximate surface area is 145 Å². The fraction of sp³-hybridized carbons (Fsp3) is 0.471. The minimum atomic E-state index is -0.108. The predicted octanol–water partition coefficient (Wildman–Crippen LogP) is 1.89. The smallest absolute Gasteiger partial charge is 0.231 e. The quantitative estimate of drug-likeness (QED) is 0.901. The third-order valence-corrected chi connectivity index (χ3v) is 5.79. The third kappa shape index (κ3) is 2.84. The average Bonchev–Trinajstić information content (AvgIpc) is 3.02. The van der Waals surface area contributed by atoms with Crippen molar-refractivity contribution < 1.29 is 4.79 Å². The molecule has 1 aliphatic carbocycles. The molecule has 1 unspecified atom stereocenters. The average molecular weight is 343 g/mol. The molecule has 0 radical (unpaired) electrons. The van der Waals surface area contributed by atoms with E-state index in [2.05, 4.69) is 14.9 Å². The zero-order valence-electron chi connectivity index (χ0n) is 13.5. The van der Waals surface area contributed by atoms with E-state index in [1.165, 1.54) is 16.2 Å². The Morgan fingerprint density at radius 3 is 2.83 bits per heavy atom. The number of hydrogen-bond donors (Lipinski definition) is 1. The molecule has 1 fully saturated rings. The van der Waals surface area contributed by atoms with Gasteiger partial charge in [-0.2, -0.15) is 0 Å². The van der Waals surface area contributed by atoms with Crippen LogP contribution in [0.2, 0.25) is 0 Å². The Morgan fingerprint density at radius 1 is 1.25 bits per heavy atom. The minimum absolute atomic E-state index is 0.108. The normalized spacial score (nSPS) is 20.8. The molecule has 2 N–H and O–H groups in total. The summed E-state index contributed by atoms with van der Waals surface area (Å²) < 4.78 is 0. The monoisotopic (exact) mass is 343 g/mol. The van der Waals surface area contributed by atoms with Crippen LogP contribution < -0.4 is 10.6 Å². The van der Waals surface area contributed by atoms with E-state index in [4.69, 9.17) is 5.73 Å². The van der Waals surface area contributed by atoms with E-state index in [-0.39, 0.29) is 11.8 Å². The van der Waals surface area contributed by atoms with Crippen molar-refractivity contribution in [3.05, 3.63) is 35.0 Å². The Balaban J connectivity index is 1.44. The first-order valence-electron chi connectivity index (χ1n) is 8.42. The number of piperazine rings is 1. The highest BCUT2D eigenvalue weighted by molar-refractivity contribution is 7.15. The third-order valence-electron chi connectivity index (χ3n) is 4.83. The lowest BCUT2D eigenvalue weighted by Crippen LogP contribution is -2.50. The number of hydrogen-bond acceptors (Lipinski definition) is 6. The minimum Gasteiger partial charge on any atom is -0.375 e. The highest BCUT2D eigenvalue weighted by Gasteiger charge is 2.34. The fourth-order valence-corrected chi connectivity index (χ4v) is 4.53. The summed E-state index contributed by atoms with van der Waals surface area (Å²) in [6.07, 6.45) is 4.74. The van der Waals surface area contributed by atoms with Gasteiger partial charge in [0.2, 0.25) is 5.91 Å². The molecule has 2 aliphatic rings. The summed E-state index contributed by atoms with van der Waals surface area (Å²) in [7, 11) is 0. The van der Waals surface area contributed by atoms with Crippen molar-refractivity contribution >= 4 is 28.2 Å². The first kappa shape index (κ1) is 15.4. The molecule has 126 valence electrons. The van der Waals surface area contributed by atoms with Crippen molar-refractivity contribution in [2.75, 3.05) is 36.8 Å². The summed E-state index contributed by atoms with van der Waals surface area (Å²) in [6, 6.07) is 5.93. The van der Waals surface area contributed by atoms with Gasteiger partial charge in [0.15, 0.2) is 5.13 Å². The van der Waals surface area contributed by atoms with Crippen LogP contribution >= 0.6 is 11.3 Å². The molecule has 2 aromatic heterocycles. The summed E-state index contributed by atoms with van der Waals surface area (Å²) >= 11 is 1.54. The van der Waals surface area contributed by atoms with E-state index < -0.39 is 0 Å². The van der Waals surface area contributed by atoms with Crippen LogP contribution in [0.1, 0.15) is 29.3 Å². The Bertz CT molecular complexity index is 724. The number of fused-ring (bicyclic) bond motifs is 1. The molecule has 0 bridgehead atoms. The van der Waals surface area contributed by atoms with E-state index in [1.54, 1.807) is 0 Å². The van der Waals surface area contributed by atoms with Gasteiger partial charge in [0.1, 0.15) is 5.82 Å². The Hall–Kier alpha value is -2.15. The topological polar surface area (TPSA) is 75.3 Å². The molecule has 1 atom stereocenters. The molecule has 1 saturated heterocycles. The molecule has 0 spiro atoms. The van der Waals surface area contributed by atoms with Gasteiger partial charge in [-0.25, -0.2) is 9.97 Å². The standard InChI is InChI=1S/C17H21N5OS/c18-17-20-15-12(4-3-5-13(15)24-17)16(23)22-10-8-21(9-11-22)14-6-1-2-7-19-14/h1-2,6-7,12H,3-5,8-11H2,(H2,18,20). The fourth-order valence-electron chi connectivity index (χ4n) is 3.59. The zero-order chi connectivity index (χ0) is 16.5. The Kier molecular flexibility index (Phi) is 4.10. The van der Waals surface area contributed by atoms with Gasteiger partial charge in [0.05, 0.1) is 11.6 Å². The largest absolute Gasteiger partial charge is 0.375 e. The molecule has 1 aliphatic heterocycles. The molecular formula is C17H21N5OS. The number of pyridine rings is 1. The van der Waals surface area contributed by atoms with E-state index >= 15 is 0 Å². The van der Waals surface area contributed by atoms with Crippen molar-refractivity contribution in [3.63, 3.8) is 0 Å². The number of aryl methyl sites for hydroxylation is 1. The predicted molar refractivity (Wildman–Crippen MR) is 95.2 cm³/mol. The van der Waals surface area contributed by atoms with Gasteiger partial charge in [-0.3, -0.25) is 4.79 Å². The molecule has 3 heterocycles. The van der Waals surface area contributed by atoms with E-state index in [9.17, 15) is 4.79 Å². The van der Waals surface area contributed by atoms with Gasteiger partial charge in [0, 0.05) is 37.3 Å². The number of thiazole rings is 1. The molecule has 7 heteroatoms. The van der Waals surface area contributed by atoms with Crippen molar-refractivity contribution in [2.24, 2.45) is 0 Å². The summed E-state index contributed by atoms with van der Waals surface area (Å²) in [5.74, 6) is 1.09. The van der Waals surface area contributed by atoms with Gasteiger partial charge in [-0.05, 0) is 31.4 Å². The number of nitrogens with zero attached hydrogens (tertiary/aromatic N) is 4. The molecule has 2 aromatic rings. The van der Waals surface area contributed by atoms with E-state index in [1.807, 2.05) is 29.3 Å². The van der Waals surface area contributed by atoms with E-state index in [0.717, 1.165) is 57.0 Å². The maximum absolute atomic E-state index is 13.0. The number of nitrogen functional groups attached to an aromatic ring is 1. The van der Waals surface area contributed by atoms with Gasteiger partial charge >= 0.3 is 0 Å².